The lowest BCUT2D eigenvalue weighted by molar-refractivity contribution is 0.681. The normalized spacial score (nSPS) is 10.8. The highest BCUT2D eigenvalue weighted by Crippen LogP contribution is 2.35. The SMILES string of the molecule is CCCNCc1ccc(-c2cc(Br)ccc2Br)s1. The van der Waals surface area contributed by atoms with E-state index < -0.39 is 0 Å². The van der Waals surface area contributed by atoms with Crippen molar-refractivity contribution in [2.45, 2.75) is 19.9 Å². The van der Waals surface area contributed by atoms with Gasteiger partial charge in [0, 0.05) is 30.8 Å². The molecule has 18 heavy (non-hydrogen) atoms. The van der Waals surface area contributed by atoms with Gasteiger partial charge in [-0.1, -0.05) is 38.8 Å². The maximum absolute atomic E-state index is 3.61. The topological polar surface area (TPSA) is 12.0 Å². The molecule has 1 nitrogen and oxygen atoms in total. The minimum atomic E-state index is 0.962. The number of thiophene rings is 1. The summed E-state index contributed by atoms with van der Waals surface area (Å²) in [7, 11) is 0. The number of halogens is 2. The molecule has 1 aromatic heterocycles. The average Bonchev–Trinajstić information content (AvgIpc) is 2.81. The van der Waals surface area contributed by atoms with Crippen molar-refractivity contribution in [1.82, 2.24) is 5.32 Å². The van der Waals surface area contributed by atoms with Crippen LogP contribution in [0.4, 0.5) is 0 Å². The highest BCUT2D eigenvalue weighted by Gasteiger charge is 2.07. The monoisotopic (exact) mass is 387 g/mol. The quantitative estimate of drug-likeness (QED) is 0.672. The molecule has 2 rings (SSSR count). The summed E-state index contributed by atoms with van der Waals surface area (Å²) in [6.45, 7) is 4.23. The first kappa shape index (κ1) is 14.3. The fourth-order valence-corrected chi connectivity index (χ4v) is 3.65. The van der Waals surface area contributed by atoms with Crippen LogP contribution in [0.2, 0.25) is 0 Å². The van der Waals surface area contributed by atoms with Crippen molar-refractivity contribution in [3.05, 3.63) is 44.2 Å². The molecule has 0 spiro atoms. The van der Waals surface area contributed by atoms with Crippen LogP contribution in [0.15, 0.2) is 39.3 Å². The Kier molecular flexibility index (Phi) is 5.42. The molecule has 0 bridgehead atoms. The Bertz CT molecular complexity index is 522. The summed E-state index contributed by atoms with van der Waals surface area (Å²) in [5.41, 5.74) is 1.25. The molecule has 0 unspecified atom stereocenters. The lowest BCUT2D eigenvalue weighted by Gasteiger charge is -2.02. The van der Waals surface area contributed by atoms with Crippen molar-refractivity contribution in [3.8, 4) is 10.4 Å². The fraction of sp³-hybridized carbons (Fsp3) is 0.286. The van der Waals surface area contributed by atoms with Crippen molar-refractivity contribution in [2.24, 2.45) is 0 Å². The van der Waals surface area contributed by atoms with E-state index in [1.807, 2.05) is 17.4 Å². The van der Waals surface area contributed by atoms with Crippen molar-refractivity contribution in [3.63, 3.8) is 0 Å². The Morgan fingerprint density at radius 3 is 2.78 bits per heavy atom. The molecule has 96 valence electrons. The molecule has 0 fully saturated rings. The van der Waals surface area contributed by atoms with E-state index in [-0.39, 0.29) is 0 Å². The standard InChI is InChI=1S/C14H15Br2NS/c1-2-7-17-9-11-4-6-14(18-11)12-8-10(15)3-5-13(12)16/h3-6,8,17H,2,7,9H2,1H3. The van der Waals surface area contributed by atoms with Crippen LogP contribution in [-0.4, -0.2) is 6.54 Å². The zero-order valence-electron chi connectivity index (χ0n) is 10.2. The Labute approximate surface area is 129 Å². The van der Waals surface area contributed by atoms with Gasteiger partial charge < -0.3 is 5.32 Å². The number of benzene rings is 1. The van der Waals surface area contributed by atoms with Crippen molar-refractivity contribution >= 4 is 43.2 Å². The Balaban J connectivity index is 2.16. The first-order valence-electron chi connectivity index (χ1n) is 5.95. The third-order valence-electron chi connectivity index (χ3n) is 2.58. The highest BCUT2D eigenvalue weighted by molar-refractivity contribution is 9.11. The number of rotatable bonds is 5. The van der Waals surface area contributed by atoms with E-state index in [4.69, 9.17) is 0 Å². The molecule has 0 saturated heterocycles. The second-order valence-corrected chi connectivity index (χ2v) is 7.01. The summed E-state index contributed by atoms with van der Waals surface area (Å²) in [4.78, 5) is 2.68. The zero-order chi connectivity index (χ0) is 13.0. The van der Waals surface area contributed by atoms with Gasteiger partial charge in [0.1, 0.15) is 0 Å². The van der Waals surface area contributed by atoms with E-state index in [2.05, 4.69) is 68.4 Å². The van der Waals surface area contributed by atoms with Crippen LogP contribution in [0.25, 0.3) is 10.4 Å². The summed E-state index contributed by atoms with van der Waals surface area (Å²) in [6, 6.07) is 10.7. The lowest BCUT2D eigenvalue weighted by Crippen LogP contribution is -2.12. The third kappa shape index (κ3) is 3.67. The van der Waals surface area contributed by atoms with E-state index in [0.29, 0.717) is 0 Å². The van der Waals surface area contributed by atoms with Gasteiger partial charge in [0.05, 0.1) is 0 Å². The van der Waals surface area contributed by atoms with E-state index in [9.17, 15) is 0 Å². The molecule has 0 radical (unpaired) electrons. The molecule has 0 aliphatic carbocycles. The first-order valence-corrected chi connectivity index (χ1v) is 8.36. The van der Waals surface area contributed by atoms with Crippen LogP contribution in [0.3, 0.4) is 0 Å². The first-order chi connectivity index (χ1) is 8.70. The molecule has 0 saturated carbocycles. The van der Waals surface area contributed by atoms with Crippen molar-refractivity contribution < 1.29 is 0 Å². The predicted molar refractivity (Wildman–Crippen MR) is 87.2 cm³/mol. The Morgan fingerprint density at radius 1 is 1.17 bits per heavy atom. The molecule has 0 aliphatic rings. The Hall–Kier alpha value is -0.160. The molecule has 1 heterocycles. The molecule has 0 aliphatic heterocycles. The van der Waals surface area contributed by atoms with Gasteiger partial charge in [-0.15, -0.1) is 11.3 Å². The third-order valence-corrected chi connectivity index (χ3v) is 4.88. The second kappa shape index (κ2) is 6.85. The highest BCUT2D eigenvalue weighted by atomic mass is 79.9. The van der Waals surface area contributed by atoms with Crippen LogP contribution in [0.1, 0.15) is 18.2 Å². The van der Waals surface area contributed by atoms with Gasteiger partial charge in [-0.25, -0.2) is 0 Å². The largest absolute Gasteiger partial charge is 0.312 e. The summed E-state index contributed by atoms with van der Waals surface area (Å²) in [5, 5.41) is 3.43. The summed E-state index contributed by atoms with van der Waals surface area (Å²) < 4.78 is 2.25. The van der Waals surface area contributed by atoms with E-state index in [1.165, 1.54) is 21.7 Å². The molecule has 1 N–H and O–H groups in total. The minimum Gasteiger partial charge on any atom is -0.312 e. The summed E-state index contributed by atoms with van der Waals surface area (Å²) in [6.07, 6.45) is 1.18. The molecular weight excluding hydrogens is 374 g/mol. The predicted octanol–water partition coefficient (Wildman–Crippen LogP) is 5.44. The maximum atomic E-state index is 3.61. The number of nitrogens with one attached hydrogen (secondary N) is 1. The molecule has 0 amide bonds. The van der Waals surface area contributed by atoms with Gasteiger partial charge in [0.25, 0.3) is 0 Å². The second-order valence-electron chi connectivity index (χ2n) is 4.07. The number of hydrogen-bond acceptors (Lipinski definition) is 2. The van der Waals surface area contributed by atoms with E-state index >= 15 is 0 Å². The fourth-order valence-electron chi connectivity index (χ4n) is 1.69. The zero-order valence-corrected chi connectivity index (χ0v) is 14.2. The van der Waals surface area contributed by atoms with E-state index in [1.54, 1.807) is 0 Å². The van der Waals surface area contributed by atoms with Crippen molar-refractivity contribution in [1.29, 1.82) is 0 Å². The van der Waals surface area contributed by atoms with Crippen molar-refractivity contribution in [2.75, 3.05) is 6.54 Å². The molecule has 0 atom stereocenters. The smallest absolute Gasteiger partial charge is 0.0357 e. The van der Waals surface area contributed by atoms with Crippen LogP contribution in [0, 0.1) is 0 Å². The number of hydrogen-bond donors (Lipinski definition) is 1. The molecular formula is C14H15Br2NS. The van der Waals surface area contributed by atoms with Gasteiger partial charge in [-0.2, -0.15) is 0 Å². The van der Waals surface area contributed by atoms with Crippen LogP contribution < -0.4 is 5.32 Å². The lowest BCUT2D eigenvalue weighted by atomic mass is 10.2. The molecule has 4 heteroatoms. The summed E-state index contributed by atoms with van der Waals surface area (Å²) in [5.74, 6) is 0. The minimum absolute atomic E-state index is 0.962. The average molecular weight is 389 g/mol. The van der Waals surface area contributed by atoms with Crippen LogP contribution >= 0.6 is 43.2 Å². The summed E-state index contributed by atoms with van der Waals surface area (Å²) >= 11 is 8.98. The maximum Gasteiger partial charge on any atom is 0.0357 e. The van der Waals surface area contributed by atoms with Gasteiger partial charge >= 0.3 is 0 Å². The Morgan fingerprint density at radius 2 is 2.00 bits per heavy atom. The van der Waals surface area contributed by atoms with E-state index in [0.717, 1.165) is 22.0 Å². The molecule has 2 aromatic rings. The molecule has 1 aromatic carbocycles. The van der Waals surface area contributed by atoms with Gasteiger partial charge in [-0.05, 0) is 43.3 Å². The van der Waals surface area contributed by atoms with Crippen LogP contribution in [0.5, 0.6) is 0 Å². The van der Waals surface area contributed by atoms with Crippen LogP contribution in [-0.2, 0) is 6.54 Å². The van der Waals surface area contributed by atoms with Gasteiger partial charge in [-0.3, -0.25) is 0 Å². The van der Waals surface area contributed by atoms with Gasteiger partial charge in [0.15, 0.2) is 0 Å². The van der Waals surface area contributed by atoms with Gasteiger partial charge in [0.2, 0.25) is 0 Å².